The second-order valence-corrected chi connectivity index (χ2v) is 7.67. The highest BCUT2D eigenvalue weighted by atomic mass is 35.5. The van der Waals surface area contributed by atoms with Gasteiger partial charge < -0.3 is 14.2 Å². The summed E-state index contributed by atoms with van der Waals surface area (Å²) in [6, 6.07) is 12.2. The van der Waals surface area contributed by atoms with E-state index >= 15 is 0 Å². The van der Waals surface area contributed by atoms with Crippen LogP contribution >= 0.6 is 35.0 Å². The van der Waals surface area contributed by atoms with Gasteiger partial charge in [0.25, 0.3) is 0 Å². The molecule has 1 N–H and O–H groups in total. The monoisotopic (exact) mass is 448 g/mol. The van der Waals surface area contributed by atoms with Gasteiger partial charge in [-0.25, -0.2) is 0 Å². The van der Waals surface area contributed by atoms with E-state index in [9.17, 15) is 4.79 Å². The lowest BCUT2D eigenvalue weighted by Crippen LogP contribution is -2.14. The topological polar surface area (TPSA) is 86.1 Å². The fourth-order valence-corrected chi connectivity index (χ4v) is 3.62. The number of halogens is 2. The summed E-state index contributed by atoms with van der Waals surface area (Å²) < 4.78 is 12.7. The van der Waals surface area contributed by atoms with Crippen LogP contribution in [-0.4, -0.2) is 26.4 Å². The van der Waals surface area contributed by atoms with E-state index in [1.165, 1.54) is 11.8 Å². The smallest absolute Gasteiger partial charge is 0.234 e. The zero-order chi connectivity index (χ0) is 20.2. The predicted molar refractivity (Wildman–Crippen MR) is 111 cm³/mol. The van der Waals surface area contributed by atoms with Crippen molar-refractivity contribution in [1.29, 1.82) is 0 Å². The lowest BCUT2D eigenvalue weighted by Gasteiger charge is -2.08. The molecule has 0 fully saturated rings. The van der Waals surface area contributed by atoms with Gasteiger partial charge in [0, 0.05) is 5.69 Å². The number of furan rings is 2. The summed E-state index contributed by atoms with van der Waals surface area (Å²) in [6.45, 7) is 0.410. The zero-order valence-corrected chi connectivity index (χ0v) is 17.2. The molecule has 0 aliphatic heterocycles. The molecule has 0 saturated heterocycles. The van der Waals surface area contributed by atoms with Gasteiger partial charge in [0.1, 0.15) is 5.76 Å². The first-order valence-corrected chi connectivity index (χ1v) is 10.2. The van der Waals surface area contributed by atoms with Crippen molar-refractivity contribution in [3.63, 3.8) is 0 Å². The van der Waals surface area contributed by atoms with Gasteiger partial charge in [-0.05, 0) is 42.5 Å². The molecule has 0 aliphatic carbocycles. The summed E-state index contributed by atoms with van der Waals surface area (Å²) in [6.07, 6.45) is 3.17. The predicted octanol–water partition coefficient (Wildman–Crippen LogP) is 5.22. The number of rotatable bonds is 7. The molecule has 0 saturated carbocycles. The van der Waals surface area contributed by atoms with Gasteiger partial charge in [-0.15, -0.1) is 10.2 Å². The summed E-state index contributed by atoms with van der Waals surface area (Å²) in [5.74, 6) is 1.80. The van der Waals surface area contributed by atoms with Crippen LogP contribution in [0.5, 0.6) is 0 Å². The molecule has 0 bridgehead atoms. The highest BCUT2D eigenvalue weighted by Gasteiger charge is 2.18. The Labute approximate surface area is 180 Å². The van der Waals surface area contributed by atoms with Gasteiger partial charge in [-0.3, -0.25) is 9.36 Å². The molecule has 3 aromatic heterocycles. The molecule has 0 unspecified atom stereocenters. The summed E-state index contributed by atoms with van der Waals surface area (Å²) >= 11 is 13.1. The lowest BCUT2D eigenvalue weighted by molar-refractivity contribution is -0.113. The van der Waals surface area contributed by atoms with Crippen LogP contribution in [0.4, 0.5) is 5.69 Å². The number of aromatic nitrogens is 3. The van der Waals surface area contributed by atoms with Crippen molar-refractivity contribution in [2.75, 3.05) is 11.1 Å². The maximum Gasteiger partial charge on any atom is 0.234 e. The summed E-state index contributed by atoms with van der Waals surface area (Å²) in [5, 5.41) is 12.6. The molecule has 1 aromatic carbocycles. The third-order valence-electron chi connectivity index (χ3n) is 3.89. The van der Waals surface area contributed by atoms with Crippen molar-refractivity contribution in [3.8, 4) is 11.6 Å². The molecular weight excluding hydrogens is 435 g/mol. The molecule has 29 heavy (non-hydrogen) atoms. The van der Waals surface area contributed by atoms with Crippen molar-refractivity contribution in [2.24, 2.45) is 0 Å². The fraction of sp³-hybridized carbons (Fsp3) is 0.105. The zero-order valence-electron chi connectivity index (χ0n) is 14.8. The van der Waals surface area contributed by atoms with Crippen molar-refractivity contribution in [1.82, 2.24) is 14.8 Å². The molecule has 0 spiro atoms. The van der Waals surface area contributed by atoms with E-state index in [1.807, 2.05) is 16.7 Å². The number of anilines is 1. The van der Waals surface area contributed by atoms with Gasteiger partial charge in [0.05, 0.1) is 34.9 Å². The number of hydrogen-bond acceptors (Lipinski definition) is 6. The van der Waals surface area contributed by atoms with E-state index < -0.39 is 0 Å². The molecule has 4 rings (SSSR count). The number of carbonyl (C=O) groups excluding carboxylic acids is 1. The fourth-order valence-electron chi connectivity index (χ4n) is 2.59. The molecule has 148 valence electrons. The molecule has 1 amide bonds. The van der Waals surface area contributed by atoms with Crippen LogP contribution in [0.3, 0.4) is 0 Å². The third kappa shape index (κ3) is 4.67. The molecule has 4 aromatic rings. The number of hydrogen-bond donors (Lipinski definition) is 1. The average Bonchev–Trinajstić information content (AvgIpc) is 3.45. The normalized spacial score (nSPS) is 11.0. The van der Waals surface area contributed by atoms with E-state index in [-0.39, 0.29) is 11.7 Å². The first kappa shape index (κ1) is 19.6. The number of amides is 1. The van der Waals surface area contributed by atoms with Crippen LogP contribution in [0.25, 0.3) is 11.6 Å². The van der Waals surface area contributed by atoms with Gasteiger partial charge >= 0.3 is 0 Å². The minimum atomic E-state index is -0.208. The van der Waals surface area contributed by atoms with E-state index in [4.69, 9.17) is 32.0 Å². The van der Waals surface area contributed by atoms with Gasteiger partial charge in [0.2, 0.25) is 11.7 Å². The van der Waals surface area contributed by atoms with Crippen LogP contribution in [0.15, 0.2) is 69.0 Å². The van der Waals surface area contributed by atoms with Gasteiger partial charge in [0.15, 0.2) is 10.9 Å². The minimum absolute atomic E-state index is 0.134. The number of benzene rings is 1. The lowest BCUT2D eigenvalue weighted by atomic mass is 10.3. The molecule has 0 radical (unpaired) electrons. The molecule has 0 atom stereocenters. The number of carbonyl (C=O) groups is 1. The molecule has 10 heteroatoms. The summed E-state index contributed by atoms with van der Waals surface area (Å²) in [5.41, 5.74) is 0.568. The summed E-state index contributed by atoms with van der Waals surface area (Å²) in [4.78, 5) is 12.3. The van der Waals surface area contributed by atoms with Crippen LogP contribution in [0.1, 0.15) is 5.76 Å². The number of nitrogens with zero attached hydrogens (tertiary/aromatic N) is 3. The third-order valence-corrected chi connectivity index (χ3v) is 5.59. The average molecular weight is 449 g/mol. The van der Waals surface area contributed by atoms with Crippen molar-refractivity contribution in [2.45, 2.75) is 11.7 Å². The standard InChI is InChI=1S/C19H14Cl2N4O3S/c20-14-6-5-12(9-15(14)21)22-17(26)11-29-19-24-23-18(16-4-2-8-28-16)25(19)10-13-3-1-7-27-13/h1-9H,10-11H2,(H,22,26). The highest BCUT2D eigenvalue weighted by molar-refractivity contribution is 7.99. The molecule has 7 nitrogen and oxygen atoms in total. The first-order chi connectivity index (χ1) is 14.1. The Morgan fingerprint density at radius 3 is 2.62 bits per heavy atom. The highest BCUT2D eigenvalue weighted by Crippen LogP contribution is 2.27. The summed E-state index contributed by atoms with van der Waals surface area (Å²) in [7, 11) is 0. The van der Waals surface area contributed by atoms with E-state index in [2.05, 4.69) is 15.5 Å². The Hall–Kier alpha value is -2.68. The van der Waals surface area contributed by atoms with Crippen LogP contribution in [0, 0.1) is 0 Å². The quantitative estimate of drug-likeness (QED) is 0.390. The SMILES string of the molecule is O=C(CSc1nnc(-c2ccco2)n1Cc1ccco1)Nc1ccc(Cl)c(Cl)c1. The molecule has 0 aliphatic rings. The Morgan fingerprint density at radius 1 is 1.07 bits per heavy atom. The van der Waals surface area contributed by atoms with E-state index in [1.54, 1.807) is 42.9 Å². The van der Waals surface area contributed by atoms with E-state index in [0.29, 0.717) is 39.0 Å². The van der Waals surface area contributed by atoms with Crippen LogP contribution in [0.2, 0.25) is 10.0 Å². The maximum atomic E-state index is 12.3. The first-order valence-electron chi connectivity index (χ1n) is 8.47. The Kier molecular flexibility index (Phi) is 5.94. The minimum Gasteiger partial charge on any atom is -0.467 e. The second kappa shape index (κ2) is 8.77. The Balaban J connectivity index is 1.49. The molecular formula is C19H14Cl2N4O3S. The van der Waals surface area contributed by atoms with E-state index in [0.717, 1.165) is 5.76 Å². The number of nitrogens with one attached hydrogen (secondary N) is 1. The van der Waals surface area contributed by atoms with Crippen molar-refractivity contribution in [3.05, 3.63) is 70.8 Å². The van der Waals surface area contributed by atoms with Crippen LogP contribution in [-0.2, 0) is 11.3 Å². The largest absolute Gasteiger partial charge is 0.467 e. The number of thioether (sulfide) groups is 1. The van der Waals surface area contributed by atoms with Crippen molar-refractivity contribution < 1.29 is 13.6 Å². The Bertz CT molecular complexity index is 1110. The second-order valence-electron chi connectivity index (χ2n) is 5.91. The maximum absolute atomic E-state index is 12.3. The Morgan fingerprint density at radius 2 is 1.90 bits per heavy atom. The molecule has 3 heterocycles. The van der Waals surface area contributed by atoms with Gasteiger partial charge in [-0.1, -0.05) is 35.0 Å². The van der Waals surface area contributed by atoms with Crippen molar-refractivity contribution >= 4 is 46.6 Å². The van der Waals surface area contributed by atoms with Crippen LogP contribution < -0.4 is 5.32 Å². The van der Waals surface area contributed by atoms with Gasteiger partial charge in [-0.2, -0.15) is 0 Å².